The van der Waals surface area contributed by atoms with Crippen LogP contribution < -0.4 is 4.74 Å². The van der Waals surface area contributed by atoms with Gasteiger partial charge in [-0.05, 0) is 17.7 Å². The van der Waals surface area contributed by atoms with Crippen molar-refractivity contribution in [2.45, 2.75) is 11.8 Å². The van der Waals surface area contributed by atoms with Crippen molar-refractivity contribution in [2.75, 3.05) is 0 Å². The SMILES string of the molecule is CC(=O)Oc1c(Cl)cc(C(Cl)Cl)cc1Cl. The van der Waals surface area contributed by atoms with Gasteiger partial charge in [0.2, 0.25) is 0 Å². The first-order valence-corrected chi connectivity index (χ1v) is 5.50. The maximum Gasteiger partial charge on any atom is 0.308 e. The first-order valence-electron chi connectivity index (χ1n) is 3.87. The lowest BCUT2D eigenvalue weighted by atomic mass is 10.2. The first-order chi connectivity index (χ1) is 6.91. The zero-order valence-electron chi connectivity index (χ0n) is 7.56. The van der Waals surface area contributed by atoms with Gasteiger partial charge in [-0.3, -0.25) is 4.79 Å². The predicted octanol–water partition coefficient (Wildman–Crippen LogP) is 4.39. The average molecular weight is 288 g/mol. The molecule has 15 heavy (non-hydrogen) atoms. The van der Waals surface area contributed by atoms with Crippen molar-refractivity contribution in [3.05, 3.63) is 27.7 Å². The molecule has 82 valence electrons. The van der Waals surface area contributed by atoms with Crippen LogP contribution in [-0.2, 0) is 4.79 Å². The van der Waals surface area contributed by atoms with E-state index in [0.29, 0.717) is 5.56 Å². The normalized spacial score (nSPS) is 10.5. The highest BCUT2D eigenvalue weighted by Crippen LogP contribution is 2.38. The zero-order chi connectivity index (χ0) is 11.6. The molecule has 0 atom stereocenters. The number of esters is 1. The summed E-state index contributed by atoms with van der Waals surface area (Å²) in [7, 11) is 0. The standard InChI is InChI=1S/C9H6Cl4O2/c1-4(14)15-8-6(10)2-5(9(12)13)3-7(8)11/h2-3,9H,1H3. The highest BCUT2D eigenvalue weighted by atomic mass is 35.5. The number of ether oxygens (including phenoxy) is 1. The molecule has 1 aromatic rings. The van der Waals surface area contributed by atoms with Crippen molar-refractivity contribution in [3.63, 3.8) is 0 Å². The number of alkyl halides is 2. The molecular formula is C9H6Cl4O2. The Labute approximate surface area is 107 Å². The van der Waals surface area contributed by atoms with Gasteiger partial charge in [-0.1, -0.05) is 23.2 Å². The summed E-state index contributed by atoms with van der Waals surface area (Å²) >= 11 is 23.0. The van der Waals surface area contributed by atoms with Crippen LogP contribution >= 0.6 is 46.4 Å². The number of halogens is 4. The van der Waals surface area contributed by atoms with E-state index in [2.05, 4.69) is 0 Å². The van der Waals surface area contributed by atoms with E-state index < -0.39 is 10.8 Å². The number of hydrogen-bond acceptors (Lipinski definition) is 2. The van der Waals surface area contributed by atoms with Crippen molar-refractivity contribution >= 4 is 52.4 Å². The lowest BCUT2D eigenvalue weighted by Gasteiger charge is -2.09. The fraction of sp³-hybridized carbons (Fsp3) is 0.222. The van der Waals surface area contributed by atoms with Gasteiger partial charge in [-0.15, -0.1) is 23.2 Å². The number of carbonyl (C=O) groups excluding carboxylic acids is 1. The van der Waals surface area contributed by atoms with E-state index in [-0.39, 0.29) is 15.8 Å². The summed E-state index contributed by atoms with van der Waals surface area (Å²) in [5.41, 5.74) is 0.546. The smallest absolute Gasteiger partial charge is 0.308 e. The summed E-state index contributed by atoms with van der Waals surface area (Å²) in [4.78, 5) is 10.0. The fourth-order valence-electron chi connectivity index (χ4n) is 0.947. The van der Waals surface area contributed by atoms with Crippen molar-refractivity contribution in [2.24, 2.45) is 0 Å². The Morgan fingerprint density at radius 2 is 1.73 bits per heavy atom. The second-order valence-corrected chi connectivity index (χ2v) is 4.62. The minimum absolute atomic E-state index is 0.114. The maximum atomic E-state index is 10.7. The molecule has 0 aliphatic carbocycles. The van der Waals surface area contributed by atoms with Gasteiger partial charge in [0.25, 0.3) is 0 Å². The van der Waals surface area contributed by atoms with Gasteiger partial charge in [0.1, 0.15) is 4.84 Å². The van der Waals surface area contributed by atoms with Crippen molar-refractivity contribution in [1.29, 1.82) is 0 Å². The van der Waals surface area contributed by atoms with Crippen molar-refractivity contribution in [1.82, 2.24) is 0 Å². The molecule has 0 saturated heterocycles. The molecule has 0 heterocycles. The molecule has 0 fully saturated rings. The summed E-state index contributed by atoms with van der Waals surface area (Å²) in [6.07, 6.45) is 0. The molecule has 0 amide bonds. The molecule has 0 aliphatic heterocycles. The molecule has 0 bridgehead atoms. The molecule has 6 heteroatoms. The lowest BCUT2D eigenvalue weighted by Crippen LogP contribution is -2.02. The third-order valence-electron chi connectivity index (χ3n) is 1.52. The van der Waals surface area contributed by atoms with Crippen LogP contribution in [0, 0.1) is 0 Å². The number of hydrogen-bond donors (Lipinski definition) is 0. The Hall–Kier alpha value is -0.150. The van der Waals surface area contributed by atoms with Gasteiger partial charge in [-0.25, -0.2) is 0 Å². The second-order valence-electron chi connectivity index (χ2n) is 2.71. The number of benzene rings is 1. The fourth-order valence-corrected chi connectivity index (χ4v) is 1.78. The largest absolute Gasteiger partial charge is 0.424 e. The van der Waals surface area contributed by atoms with Crippen LogP contribution in [0.5, 0.6) is 5.75 Å². The number of rotatable bonds is 2. The van der Waals surface area contributed by atoms with Gasteiger partial charge in [0.05, 0.1) is 10.0 Å². The lowest BCUT2D eigenvalue weighted by molar-refractivity contribution is -0.131. The summed E-state index contributed by atoms with van der Waals surface area (Å²) in [5.74, 6) is -0.386. The van der Waals surface area contributed by atoms with E-state index >= 15 is 0 Å². The molecule has 2 nitrogen and oxygen atoms in total. The van der Waals surface area contributed by atoms with E-state index in [9.17, 15) is 4.79 Å². The highest BCUT2D eigenvalue weighted by molar-refractivity contribution is 6.44. The topological polar surface area (TPSA) is 26.3 Å². The van der Waals surface area contributed by atoms with Crippen LogP contribution in [0.25, 0.3) is 0 Å². The van der Waals surface area contributed by atoms with Crippen molar-refractivity contribution < 1.29 is 9.53 Å². The zero-order valence-corrected chi connectivity index (χ0v) is 10.6. The molecule has 0 saturated carbocycles. The molecule has 0 spiro atoms. The first kappa shape index (κ1) is 12.9. The summed E-state index contributed by atoms with van der Waals surface area (Å²) in [6, 6.07) is 2.99. The van der Waals surface area contributed by atoms with Gasteiger partial charge in [0, 0.05) is 6.92 Å². The molecule has 1 rings (SSSR count). The van der Waals surface area contributed by atoms with Gasteiger partial charge < -0.3 is 4.74 Å². The summed E-state index contributed by atoms with van der Waals surface area (Å²) < 4.78 is 4.82. The molecule has 1 aromatic carbocycles. The molecule has 0 radical (unpaired) electrons. The second kappa shape index (κ2) is 5.26. The monoisotopic (exact) mass is 286 g/mol. The third-order valence-corrected chi connectivity index (χ3v) is 2.58. The Balaban J connectivity index is 3.15. The van der Waals surface area contributed by atoms with E-state index in [1.54, 1.807) is 0 Å². The average Bonchev–Trinajstić information content (AvgIpc) is 2.10. The van der Waals surface area contributed by atoms with Crippen LogP contribution in [0.1, 0.15) is 17.3 Å². The molecular weight excluding hydrogens is 282 g/mol. The minimum atomic E-state index is -0.730. The molecule has 0 N–H and O–H groups in total. The van der Waals surface area contributed by atoms with Crippen LogP contribution in [-0.4, -0.2) is 5.97 Å². The van der Waals surface area contributed by atoms with Crippen LogP contribution in [0.3, 0.4) is 0 Å². The molecule has 0 aromatic heterocycles. The Morgan fingerprint density at radius 3 is 2.07 bits per heavy atom. The van der Waals surface area contributed by atoms with Gasteiger partial charge >= 0.3 is 5.97 Å². The number of carbonyl (C=O) groups is 1. The Kier molecular flexibility index (Phi) is 4.53. The maximum absolute atomic E-state index is 10.7. The summed E-state index contributed by atoms with van der Waals surface area (Å²) in [6.45, 7) is 1.26. The van der Waals surface area contributed by atoms with E-state index in [4.69, 9.17) is 51.1 Å². The van der Waals surface area contributed by atoms with Crippen LogP contribution in [0.4, 0.5) is 0 Å². The molecule has 0 unspecified atom stereocenters. The highest BCUT2D eigenvalue weighted by Gasteiger charge is 2.14. The van der Waals surface area contributed by atoms with Crippen LogP contribution in [0.2, 0.25) is 10.0 Å². The summed E-state index contributed by atoms with van der Waals surface area (Å²) in [5, 5.41) is 0.387. The van der Waals surface area contributed by atoms with E-state index in [1.165, 1.54) is 19.1 Å². The quantitative estimate of drug-likeness (QED) is 0.458. The van der Waals surface area contributed by atoms with Gasteiger partial charge in [-0.2, -0.15) is 0 Å². The Morgan fingerprint density at radius 1 is 1.27 bits per heavy atom. The third kappa shape index (κ3) is 3.42. The minimum Gasteiger partial charge on any atom is -0.424 e. The van der Waals surface area contributed by atoms with Crippen molar-refractivity contribution in [3.8, 4) is 5.75 Å². The predicted molar refractivity (Wildman–Crippen MR) is 62.2 cm³/mol. The van der Waals surface area contributed by atoms with Gasteiger partial charge in [0.15, 0.2) is 5.75 Å². The molecule has 0 aliphatic rings. The van der Waals surface area contributed by atoms with E-state index in [0.717, 1.165) is 0 Å². The van der Waals surface area contributed by atoms with Crippen LogP contribution in [0.15, 0.2) is 12.1 Å². The van der Waals surface area contributed by atoms with E-state index in [1.807, 2.05) is 0 Å². The Bertz CT molecular complexity index is 367.